The predicted octanol–water partition coefficient (Wildman–Crippen LogP) is 4.11. The molecule has 0 radical (unpaired) electrons. The zero-order valence-electron chi connectivity index (χ0n) is 13.3. The van der Waals surface area contributed by atoms with Crippen LogP contribution in [-0.2, 0) is 10.0 Å². The number of ether oxygens (including phenoxy) is 1. The fourth-order valence-electron chi connectivity index (χ4n) is 2.41. The highest BCUT2D eigenvalue weighted by Gasteiger charge is 2.22. The molecule has 1 unspecified atom stereocenters. The predicted molar refractivity (Wildman–Crippen MR) is 98.1 cm³/mol. The molecule has 132 valence electrons. The Labute approximate surface area is 155 Å². The maximum Gasteiger partial charge on any atom is 0.240 e. The highest BCUT2D eigenvalue weighted by molar-refractivity contribution is 7.89. The van der Waals surface area contributed by atoms with E-state index in [-0.39, 0.29) is 22.4 Å². The van der Waals surface area contributed by atoms with Gasteiger partial charge in [0.05, 0.1) is 29.2 Å². The van der Waals surface area contributed by atoms with E-state index in [2.05, 4.69) is 4.72 Å². The van der Waals surface area contributed by atoms with E-state index in [9.17, 15) is 8.42 Å². The minimum absolute atomic E-state index is 0.0858. The number of halogens is 1. The van der Waals surface area contributed by atoms with Gasteiger partial charge in [0.2, 0.25) is 10.0 Å². The standard InChI is InChI=1S/C17H16ClNO4S2/c1-22-16-7-6-12(10-14(16)18)25(20,21)19-11-13(15-4-2-8-23-15)17-5-3-9-24-17/h2-10,13,19H,11H2,1H3. The van der Waals surface area contributed by atoms with E-state index in [1.165, 1.54) is 25.3 Å². The van der Waals surface area contributed by atoms with Crippen LogP contribution in [0.1, 0.15) is 16.6 Å². The van der Waals surface area contributed by atoms with Crippen molar-refractivity contribution in [1.82, 2.24) is 4.72 Å². The van der Waals surface area contributed by atoms with Crippen LogP contribution < -0.4 is 9.46 Å². The SMILES string of the molecule is COc1ccc(S(=O)(=O)NCC(c2ccco2)c2cccs2)cc1Cl. The van der Waals surface area contributed by atoms with E-state index in [1.807, 2.05) is 23.6 Å². The van der Waals surface area contributed by atoms with E-state index in [4.69, 9.17) is 20.8 Å². The molecule has 0 saturated carbocycles. The van der Waals surface area contributed by atoms with Crippen LogP contribution in [0.2, 0.25) is 5.02 Å². The lowest BCUT2D eigenvalue weighted by molar-refractivity contribution is 0.414. The highest BCUT2D eigenvalue weighted by Crippen LogP contribution is 2.30. The minimum Gasteiger partial charge on any atom is -0.495 e. The third-order valence-electron chi connectivity index (χ3n) is 3.68. The fourth-order valence-corrected chi connectivity index (χ4v) is 4.64. The lowest BCUT2D eigenvalue weighted by Crippen LogP contribution is -2.28. The number of methoxy groups -OCH3 is 1. The molecule has 5 nitrogen and oxygen atoms in total. The summed E-state index contributed by atoms with van der Waals surface area (Å²) in [6, 6.07) is 11.9. The van der Waals surface area contributed by atoms with Crippen LogP contribution in [0.3, 0.4) is 0 Å². The maximum atomic E-state index is 12.6. The van der Waals surface area contributed by atoms with Crippen molar-refractivity contribution in [2.75, 3.05) is 13.7 Å². The first-order chi connectivity index (χ1) is 12.0. The Balaban J connectivity index is 1.81. The van der Waals surface area contributed by atoms with Gasteiger partial charge in [0, 0.05) is 11.4 Å². The minimum atomic E-state index is -3.71. The first-order valence-electron chi connectivity index (χ1n) is 7.41. The Morgan fingerprint density at radius 3 is 2.72 bits per heavy atom. The van der Waals surface area contributed by atoms with Crippen LogP contribution in [0.15, 0.2) is 63.4 Å². The summed E-state index contributed by atoms with van der Waals surface area (Å²) in [5.41, 5.74) is 0. The van der Waals surface area contributed by atoms with Crippen LogP contribution >= 0.6 is 22.9 Å². The summed E-state index contributed by atoms with van der Waals surface area (Å²) in [6.07, 6.45) is 1.58. The smallest absolute Gasteiger partial charge is 0.240 e. The second kappa shape index (κ2) is 7.61. The number of rotatable bonds is 7. The third-order valence-corrected chi connectivity index (χ3v) is 6.39. The molecule has 2 heterocycles. The molecule has 3 aromatic rings. The number of furan rings is 1. The van der Waals surface area contributed by atoms with Crippen molar-refractivity contribution in [3.8, 4) is 5.75 Å². The molecule has 0 fully saturated rings. The Morgan fingerprint density at radius 2 is 2.12 bits per heavy atom. The Morgan fingerprint density at radius 1 is 1.28 bits per heavy atom. The molecule has 1 aromatic carbocycles. The lowest BCUT2D eigenvalue weighted by atomic mass is 10.1. The topological polar surface area (TPSA) is 68.5 Å². The number of thiophene rings is 1. The lowest BCUT2D eigenvalue weighted by Gasteiger charge is -2.15. The molecule has 25 heavy (non-hydrogen) atoms. The van der Waals surface area contributed by atoms with Crippen LogP contribution in [0, 0.1) is 0 Å². The molecule has 0 aliphatic carbocycles. The molecule has 1 atom stereocenters. The van der Waals surface area contributed by atoms with Crippen molar-refractivity contribution in [2.24, 2.45) is 0 Å². The van der Waals surface area contributed by atoms with Crippen molar-refractivity contribution in [3.05, 3.63) is 69.8 Å². The average Bonchev–Trinajstić information content (AvgIpc) is 3.29. The Kier molecular flexibility index (Phi) is 5.48. The number of hydrogen-bond acceptors (Lipinski definition) is 5. The van der Waals surface area contributed by atoms with Crippen molar-refractivity contribution in [1.29, 1.82) is 0 Å². The van der Waals surface area contributed by atoms with E-state index in [1.54, 1.807) is 23.7 Å². The Bertz CT molecular complexity index is 887. The van der Waals surface area contributed by atoms with Crippen LogP contribution in [0.5, 0.6) is 5.75 Å². The number of benzene rings is 1. The second-order valence-electron chi connectivity index (χ2n) is 5.23. The van der Waals surface area contributed by atoms with Gasteiger partial charge in [-0.3, -0.25) is 0 Å². The summed E-state index contributed by atoms with van der Waals surface area (Å²) in [7, 11) is -2.24. The molecule has 8 heteroatoms. The van der Waals surface area contributed by atoms with Crippen molar-refractivity contribution in [2.45, 2.75) is 10.8 Å². The molecule has 0 amide bonds. The molecule has 2 aromatic heterocycles. The second-order valence-corrected chi connectivity index (χ2v) is 8.39. The summed E-state index contributed by atoms with van der Waals surface area (Å²) in [6.45, 7) is 0.181. The molecular formula is C17H16ClNO4S2. The van der Waals surface area contributed by atoms with Crippen molar-refractivity contribution in [3.63, 3.8) is 0 Å². The largest absolute Gasteiger partial charge is 0.495 e. The van der Waals surface area contributed by atoms with Gasteiger partial charge in [-0.1, -0.05) is 17.7 Å². The number of nitrogens with one attached hydrogen (secondary N) is 1. The van der Waals surface area contributed by atoms with Gasteiger partial charge in [-0.05, 0) is 41.8 Å². The summed E-state index contributed by atoms with van der Waals surface area (Å²) in [4.78, 5) is 1.10. The summed E-state index contributed by atoms with van der Waals surface area (Å²) < 4.78 is 38.3. The van der Waals surface area contributed by atoms with Gasteiger partial charge in [0.15, 0.2) is 0 Å². The monoisotopic (exact) mass is 397 g/mol. The molecular weight excluding hydrogens is 382 g/mol. The quantitative estimate of drug-likeness (QED) is 0.651. The zero-order valence-corrected chi connectivity index (χ0v) is 15.7. The molecule has 0 saturated heterocycles. The van der Waals surface area contributed by atoms with Gasteiger partial charge in [0.1, 0.15) is 11.5 Å². The highest BCUT2D eigenvalue weighted by atomic mass is 35.5. The molecule has 1 N–H and O–H groups in total. The van der Waals surface area contributed by atoms with Gasteiger partial charge in [-0.25, -0.2) is 13.1 Å². The normalized spacial score (nSPS) is 12.9. The molecule has 3 rings (SSSR count). The van der Waals surface area contributed by atoms with Crippen LogP contribution in [-0.4, -0.2) is 22.1 Å². The van der Waals surface area contributed by atoms with E-state index >= 15 is 0 Å². The van der Waals surface area contributed by atoms with Gasteiger partial charge in [-0.15, -0.1) is 11.3 Å². The van der Waals surface area contributed by atoms with E-state index in [0.29, 0.717) is 11.5 Å². The van der Waals surface area contributed by atoms with Gasteiger partial charge in [0.25, 0.3) is 0 Å². The molecule has 0 spiro atoms. The average molecular weight is 398 g/mol. The molecule has 0 aliphatic rings. The first kappa shape index (κ1) is 18.0. The van der Waals surface area contributed by atoms with Crippen molar-refractivity contribution >= 4 is 33.0 Å². The summed E-state index contributed by atoms with van der Waals surface area (Å²) in [5, 5.41) is 2.19. The van der Waals surface area contributed by atoms with Crippen molar-refractivity contribution < 1.29 is 17.6 Å². The zero-order chi connectivity index (χ0) is 17.9. The molecule has 0 aliphatic heterocycles. The van der Waals surface area contributed by atoms with E-state index in [0.717, 1.165) is 4.88 Å². The number of hydrogen-bond donors (Lipinski definition) is 1. The van der Waals surface area contributed by atoms with Gasteiger partial charge in [-0.2, -0.15) is 0 Å². The first-order valence-corrected chi connectivity index (χ1v) is 10.2. The third kappa shape index (κ3) is 4.07. The van der Waals surface area contributed by atoms with Crippen LogP contribution in [0.4, 0.5) is 0 Å². The Hall–Kier alpha value is -1.80. The van der Waals surface area contributed by atoms with E-state index < -0.39 is 10.0 Å². The molecule has 0 bridgehead atoms. The fraction of sp³-hybridized carbons (Fsp3) is 0.176. The van der Waals surface area contributed by atoms with Gasteiger partial charge >= 0.3 is 0 Å². The number of sulfonamides is 1. The van der Waals surface area contributed by atoms with Crippen LogP contribution in [0.25, 0.3) is 0 Å². The maximum absolute atomic E-state index is 12.6. The summed E-state index contributed by atoms with van der Waals surface area (Å²) >= 11 is 7.58. The van der Waals surface area contributed by atoms with Gasteiger partial charge < -0.3 is 9.15 Å². The summed E-state index contributed by atoms with van der Waals surface area (Å²) in [5.74, 6) is 0.934.